The van der Waals surface area contributed by atoms with Crippen LogP contribution in [0.5, 0.6) is 0 Å². The molecule has 0 aromatic heterocycles. The van der Waals surface area contributed by atoms with E-state index in [2.05, 4.69) is 48.5 Å². The topological polar surface area (TPSA) is 26.3 Å². The van der Waals surface area contributed by atoms with Crippen molar-refractivity contribution in [1.29, 1.82) is 0 Å². The van der Waals surface area contributed by atoms with Crippen LogP contribution in [-0.2, 0) is 9.09 Å². The van der Waals surface area contributed by atoms with Crippen molar-refractivity contribution in [3.8, 4) is 0 Å². The molecule has 0 bridgehead atoms. The summed E-state index contributed by atoms with van der Waals surface area (Å²) in [4.78, 5) is 0. The molecular formula is C16H34O2P+. The van der Waals surface area contributed by atoms with Gasteiger partial charge in [-0.2, -0.15) is 0 Å². The van der Waals surface area contributed by atoms with Crippen LogP contribution in [0.25, 0.3) is 0 Å². The summed E-state index contributed by atoms with van der Waals surface area (Å²) in [6.45, 7) is 19.5. The van der Waals surface area contributed by atoms with Crippen LogP contribution in [0.4, 0.5) is 0 Å². The maximum Gasteiger partial charge on any atom is 0.508 e. The van der Waals surface area contributed by atoms with Crippen molar-refractivity contribution >= 4 is 8.03 Å². The number of hydrogen-bond acceptors (Lipinski definition) is 2. The highest BCUT2D eigenvalue weighted by molar-refractivity contribution is 7.39. The van der Waals surface area contributed by atoms with Crippen LogP contribution in [0.3, 0.4) is 0 Å². The standard InChI is InChI=1S/C16H34O2P/c1-13(10-14(2,3)4)11-19(17)18-16(8,9)12-15(5,6)7/h13H,10-12H2,1-9H3/q+1. The Kier molecular flexibility index (Phi) is 6.70. The summed E-state index contributed by atoms with van der Waals surface area (Å²) < 4.78 is 18.0. The lowest BCUT2D eigenvalue weighted by molar-refractivity contribution is 0.0703. The second kappa shape index (κ2) is 6.68. The van der Waals surface area contributed by atoms with Gasteiger partial charge in [-0.1, -0.05) is 48.5 Å². The zero-order chi connectivity index (χ0) is 15.5. The molecule has 0 radical (unpaired) electrons. The van der Waals surface area contributed by atoms with Gasteiger partial charge in [0.05, 0.1) is 0 Å². The minimum atomic E-state index is -1.56. The molecule has 0 rings (SSSR count). The van der Waals surface area contributed by atoms with E-state index in [-0.39, 0.29) is 16.4 Å². The van der Waals surface area contributed by atoms with Crippen molar-refractivity contribution in [2.75, 3.05) is 6.16 Å². The second-order valence-corrected chi connectivity index (χ2v) is 10.2. The fraction of sp³-hybridized carbons (Fsp3) is 1.00. The molecule has 0 spiro atoms. The van der Waals surface area contributed by atoms with E-state index >= 15 is 0 Å². The third kappa shape index (κ3) is 11.6. The minimum Gasteiger partial charge on any atom is -0.140 e. The van der Waals surface area contributed by atoms with E-state index in [4.69, 9.17) is 4.52 Å². The van der Waals surface area contributed by atoms with Crippen LogP contribution in [0.2, 0.25) is 0 Å². The van der Waals surface area contributed by atoms with Crippen molar-refractivity contribution in [3.63, 3.8) is 0 Å². The first kappa shape index (κ1) is 19.1. The van der Waals surface area contributed by atoms with Crippen molar-refractivity contribution in [2.45, 2.75) is 80.8 Å². The van der Waals surface area contributed by atoms with E-state index in [0.717, 1.165) is 12.8 Å². The predicted octanol–water partition coefficient (Wildman–Crippen LogP) is 6.03. The predicted molar refractivity (Wildman–Crippen MR) is 84.9 cm³/mol. The first-order valence-corrected chi connectivity index (χ1v) is 8.70. The monoisotopic (exact) mass is 289 g/mol. The van der Waals surface area contributed by atoms with Gasteiger partial charge in [0.25, 0.3) is 0 Å². The van der Waals surface area contributed by atoms with Gasteiger partial charge in [0.2, 0.25) is 0 Å². The van der Waals surface area contributed by atoms with Crippen molar-refractivity contribution in [3.05, 3.63) is 0 Å². The fourth-order valence-corrected chi connectivity index (χ4v) is 4.32. The largest absolute Gasteiger partial charge is 0.508 e. The molecule has 0 saturated heterocycles. The summed E-state index contributed by atoms with van der Waals surface area (Å²) in [6, 6.07) is 0. The van der Waals surface area contributed by atoms with Crippen LogP contribution >= 0.6 is 8.03 Å². The van der Waals surface area contributed by atoms with E-state index in [1.165, 1.54) is 0 Å². The summed E-state index contributed by atoms with van der Waals surface area (Å²) in [5.74, 6) is 0.439. The van der Waals surface area contributed by atoms with Gasteiger partial charge >= 0.3 is 8.03 Å². The van der Waals surface area contributed by atoms with E-state index in [0.29, 0.717) is 12.1 Å². The number of hydrogen-bond donors (Lipinski definition) is 0. The van der Waals surface area contributed by atoms with Crippen LogP contribution in [0, 0.1) is 16.7 Å². The molecule has 0 aromatic carbocycles. The summed E-state index contributed by atoms with van der Waals surface area (Å²) in [6.07, 6.45) is 2.66. The molecule has 114 valence electrons. The van der Waals surface area contributed by atoms with Crippen molar-refractivity contribution in [2.24, 2.45) is 16.7 Å². The molecule has 0 heterocycles. The average Bonchev–Trinajstić information content (AvgIpc) is 1.89. The van der Waals surface area contributed by atoms with Gasteiger partial charge in [0.15, 0.2) is 6.16 Å². The van der Waals surface area contributed by atoms with Gasteiger partial charge in [0.1, 0.15) is 5.60 Å². The zero-order valence-corrected chi connectivity index (χ0v) is 15.4. The zero-order valence-electron chi connectivity index (χ0n) is 14.5. The number of rotatable bonds is 6. The molecule has 2 nitrogen and oxygen atoms in total. The van der Waals surface area contributed by atoms with Gasteiger partial charge in [-0.3, -0.25) is 0 Å². The molecule has 0 aliphatic carbocycles. The Balaban J connectivity index is 4.31. The molecule has 0 saturated carbocycles. The SMILES string of the molecule is CC(C[P+](=O)OC(C)(C)CC(C)(C)C)CC(C)(C)C. The Morgan fingerprint density at radius 2 is 1.42 bits per heavy atom. The lowest BCUT2D eigenvalue weighted by atomic mass is 9.84. The highest BCUT2D eigenvalue weighted by atomic mass is 31.1. The Labute approximate surface area is 121 Å². The Morgan fingerprint density at radius 3 is 1.79 bits per heavy atom. The van der Waals surface area contributed by atoms with Crippen LogP contribution in [-0.4, -0.2) is 11.8 Å². The molecule has 0 aliphatic rings. The van der Waals surface area contributed by atoms with Crippen LogP contribution in [0.15, 0.2) is 0 Å². The van der Waals surface area contributed by atoms with E-state index in [1.807, 2.05) is 13.8 Å². The first-order chi connectivity index (χ1) is 8.20. The van der Waals surface area contributed by atoms with Gasteiger partial charge in [-0.05, 0) is 42.1 Å². The fourth-order valence-electron chi connectivity index (χ4n) is 2.99. The van der Waals surface area contributed by atoms with Crippen molar-refractivity contribution < 1.29 is 9.09 Å². The van der Waals surface area contributed by atoms with Crippen LogP contribution < -0.4 is 0 Å². The quantitative estimate of drug-likeness (QED) is 0.558. The molecule has 0 aromatic rings. The molecule has 0 aliphatic heterocycles. The molecule has 2 unspecified atom stereocenters. The summed E-state index contributed by atoms with van der Waals surface area (Å²) >= 11 is 0. The minimum absolute atomic E-state index is 0.191. The molecular weight excluding hydrogens is 255 g/mol. The molecule has 3 heteroatoms. The molecule has 0 N–H and O–H groups in total. The maximum atomic E-state index is 12.2. The summed E-state index contributed by atoms with van der Waals surface area (Å²) in [7, 11) is -1.56. The average molecular weight is 289 g/mol. The summed E-state index contributed by atoms with van der Waals surface area (Å²) in [5, 5.41) is 0. The van der Waals surface area contributed by atoms with Gasteiger partial charge in [-0.15, -0.1) is 4.52 Å². The molecule has 0 amide bonds. The summed E-state index contributed by atoms with van der Waals surface area (Å²) in [5.41, 5.74) is 0.167. The smallest absolute Gasteiger partial charge is 0.140 e. The third-order valence-electron chi connectivity index (χ3n) is 2.73. The van der Waals surface area contributed by atoms with Gasteiger partial charge < -0.3 is 0 Å². The van der Waals surface area contributed by atoms with Crippen molar-refractivity contribution in [1.82, 2.24) is 0 Å². The van der Waals surface area contributed by atoms with Gasteiger partial charge in [0, 0.05) is 5.92 Å². The van der Waals surface area contributed by atoms with Crippen LogP contribution in [0.1, 0.15) is 75.2 Å². The third-order valence-corrected chi connectivity index (χ3v) is 4.35. The highest BCUT2D eigenvalue weighted by Crippen LogP contribution is 2.39. The maximum absolute atomic E-state index is 12.2. The van der Waals surface area contributed by atoms with E-state index in [9.17, 15) is 4.57 Å². The first-order valence-electron chi connectivity index (χ1n) is 7.34. The molecule has 0 fully saturated rings. The Bertz CT molecular complexity index is 295. The molecule has 2 atom stereocenters. The highest BCUT2D eigenvalue weighted by Gasteiger charge is 2.36. The van der Waals surface area contributed by atoms with Gasteiger partial charge in [-0.25, -0.2) is 0 Å². The normalized spacial score (nSPS) is 16.4. The second-order valence-electron chi connectivity index (χ2n) is 8.97. The lowest BCUT2D eigenvalue weighted by Gasteiger charge is -2.28. The Morgan fingerprint density at radius 1 is 0.947 bits per heavy atom. The van der Waals surface area contributed by atoms with E-state index < -0.39 is 8.03 Å². The lowest BCUT2D eigenvalue weighted by Crippen LogP contribution is -2.28. The molecule has 19 heavy (non-hydrogen) atoms. The van der Waals surface area contributed by atoms with E-state index in [1.54, 1.807) is 0 Å². The Hall–Kier alpha value is 0.0600.